The first-order valence-corrected chi connectivity index (χ1v) is 7.64. The molecule has 0 bridgehead atoms. The molecule has 1 aliphatic heterocycles. The first kappa shape index (κ1) is 15.7. The Morgan fingerprint density at radius 2 is 2.09 bits per heavy atom. The molecule has 2 aromatic rings. The van der Waals surface area contributed by atoms with Crippen molar-refractivity contribution in [2.45, 2.75) is 19.1 Å². The molecule has 2 N–H and O–H groups in total. The highest BCUT2D eigenvalue weighted by molar-refractivity contribution is 5.76. The van der Waals surface area contributed by atoms with E-state index in [1.807, 2.05) is 6.07 Å². The highest BCUT2D eigenvalue weighted by Crippen LogP contribution is 2.22. The lowest BCUT2D eigenvalue weighted by molar-refractivity contribution is -0.124. The van der Waals surface area contributed by atoms with Crippen molar-refractivity contribution in [3.63, 3.8) is 0 Å². The Morgan fingerprint density at radius 1 is 1.26 bits per heavy atom. The van der Waals surface area contributed by atoms with Crippen LogP contribution < -0.4 is 10.6 Å². The number of rotatable bonds is 5. The molecule has 1 aliphatic rings. The molecule has 122 valence electrons. The summed E-state index contributed by atoms with van der Waals surface area (Å²) in [6, 6.07) is 9.70. The van der Waals surface area contributed by atoms with Crippen LogP contribution in [0.5, 0.6) is 0 Å². The summed E-state index contributed by atoms with van der Waals surface area (Å²) in [5.41, 5.74) is 0.797. The molecule has 1 fully saturated rings. The molecule has 5 nitrogen and oxygen atoms in total. The van der Waals surface area contributed by atoms with E-state index in [0.717, 1.165) is 12.1 Å². The van der Waals surface area contributed by atoms with Crippen LogP contribution in [0.2, 0.25) is 0 Å². The highest BCUT2D eigenvalue weighted by atomic mass is 19.1. The molecule has 6 heteroatoms. The lowest BCUT2D eigenvalue weighted by Gasteiger charge is -2.22. The monoisotopic (exact) mass is 318 g/mol. The minimum absolute atomic E-state index is 0.0709. The zero-order chi connectivity index (χ0) is 16.1. The normalized spacial score (nSPS) is 17.9. The highest BCUT2D eigenvalue weighted by Gasteiger charge is 2.17. The van der Waals surface area contributed by atoms with E-state index in [1.54, 1.807) is 18.2 Å². The van der Waals surface area contributed by atoms with Crippen molar-refractivity contribution in [3.05, 3.63) is 48.0 Å². The number of morpholine rings is 1. The maximum atomic E-state index is 12.9. The fourth-order valence-electron chi connectivity index (χ4n) is 2.46. The number of nitrogens with one attached hydrogen (secondary N) is 2. The van der Waals surface area contributed by atoms with Crippen LogP contribution in [0.4, 0.5) is 4.39 Å². The molecule has 0 aliphatic carbocycles. The van der Waals surface area contributed by atoms with Gasteiger partial charge in [-0.1, -0.05) is 0 Å². The molecular formula is C17H19FN2O3. The van der Waals surface area contributed by atoms with Crippen molar-refractivity contribution in [2.24, 2.45) is 0 Å². The predicted octanol–water partition coefficient (Wildman–Crippen LogP) is 2.08. The number of carbonyl (C=O) groups is 1. The minimum Gasteiger partial charge on any atom is -0.459 e. The summed E-state index contributed by atoms with van der Waals surface area (Å²) in [5, 5.41) is 6.01. The summed E-state index contributed by atoms with van der Waals surface area (Å²) < 4.78 is 24.1. The molecule has 23 heavy (non-hydrogen) atoms. The second-order valence-corrected chi connectivity index (χ2v) is 5.45. The Morgan fingerprint density at radius 3 is 2.83 bits per heavy atom. The van der Waals surface area contributed by atoms with Gasteiger partial charge >= 0.3 is 0 Å². The van der Waals surface area contributed by atoms with Crippen LogP contribution in [0.15, 0.2) is 40.8 Å². The maximum absolute atomic E-state index is 12.9. The number of hydrogen-bond acceptors (Lipinski definition) is 4. The van der Waals surface area contributed by atoms with Crippen molar-refractivity contribution < 1.29 is 18.3 Å². The summed E-state index contributed by atoms with van der Waals surface area (Å²) in [6.07, 6.45) is 0.258. The van der Waals surface area contributed by atoms with Crippen LogP contribution in [0.3, 0.4) is 0 Å². The van der Waals surface area contributed by atoms with Crippen LogP contribution in [-0.4, -0.2) is 31.7 Å². The van der Waals surface area contributed by atoms with Crippen LogP contribution in [0, 0.1) is 5.82 Å². The van der Waals surface area contributed by atoms with E-state index in [0.29, 0.717) is 37.6 Å². The fraction of sp³-hybridized carbons (Fsp3) is 0.353. The van der Waals surface area contributed by atoms with Crippen LogP contribution in [-0.2, 0) is 16.1 Å². The van der Waals surface area contributed by atoms with Gasteiger partial charge in [-0.2, -0.15) is 0 Å². The van der Waals surface area contributed by atoms with Crippen molar-refractivity contribution in [1.82, 2.24) is 10.6 Å². The molecule has 1 saturated heterocycles. The van der Waals surface area contributed by atoms with Crippen molar-refractivity contribution in [1.29, 1.82) is 0 Å². The van der Waals surface area contributed by atoms with Crippen LogP contribution in [0.1, 0.15) is 12.2 Å². The van der Waals surface area contributed by atoms with E-state index in [2.05, 4.69) is 10.6 Å². The summed E-state index contributed by atoms with van der Waals surface area (Å²) >= 11 is 0. The zero-order valence-corrected chi connectivity index (χ0v) is 12.7. The van der Waals surface area contributed by atoms with Gasteiger partial charge in [0.05, 0.1) is 25.7 Å². The van der Waals surface area contributed by atoms with Crippen LogP contribution in [0.25, 0.3) is 11.3 Å². The van der Waals surface area contributed by atoms with Gasteiger partial charge in [-0.25, -0.2) is 4.39 Å². The lowest BCUT2D eigenvalue weighted by Crippen LogP contribution is -2.41. The van der Waals surface area contributed by atoms with Crippen molar-refractivity contribution in [3.8, 4) is 11.3 Å². The maximum Gasteiger partial charge on any atom is 0.223 e. The largest absolute Gasteiger partial charge is 0.459 e. The summed E-state index contributed by atoms with van der Waals surface area (Å²) in [6.45, 7) is 2.48. The number of amides is 1. The van der Waals surface area contributed by atoms with E-state index < -0.39 is 0 Å². The van der Waals surface area contributed by atoms with Gasteiger partial charge in [-0.15, -0.1) is 0 Å². The average Bonchev–Trinajstić information content (AvgIpc) is 3.04. The topological polar surface area (TPSA) is 63.5 Å². The molecular weight excluding hydrogens is 299 g/mol. The third-order valence-corrected chi connectivity index (χ3v) is 3.67. The van der Waals surface area contributed by atoms with Gasteiger partial charge in [0.15, 0.2) is 0 Å². The average molecular weight is 318 g/mol. The summed E-state index contributed by atoms with van der Waals surface area (Å²) in [5.74, 6) is 0.945. The Balaban J connectivity index is 1.50. The fourth-order valence-corrected chi connectivity index (χ4v) is 2.46. The predicted molar refractivity (Wildman–Crippen MR) is 83.2 cm³/mol. The standard InChI is InChI=1S/C17H19FN2O3/c18-13-3-1-12(2-4-13)16-6-5-14(23-16)11-20-17(21)9-15-10-19-7-8-22-15/h1-6,15,19H,7-11H2,(H,20,21). The summed E-state index contributed by atoms with van der Waals surface area (Å²) in [7, 11) is 0. The van der Waals surface area contributed by atoms with Gasteiger partial charge in [0.25, 0.3) is 0 Å². The van der Waals surface area contributed by atoms with Crippen molar-refractivity contribution >= 4 is 5.91 Å². The van der Waals surface area contributed by atoms with Gasteiger partial charge < -0.3 is 19.8 Å². The lowest BCUT2D eigenvalue weighted by atomic mass is 10.2. The molecule has 2 heterocycles. The van der Waals surface area contributed by atoms with Gasteiger partial charge in [-0.3, -0.25) is 4.79 Å². The first-order chi connectivity index (χ1) is 11.2. The Hall–Kier alpha value is -2.18. The second kappa shape index (κ2) is 7.39. The number of hydrogen-bond donors (Lipinski definition) is 2. The smallest absolute Gasteiger partial charge is 0.223 e. The SMILES string of the molecule is O=C(CC1CNCCO1)NCc1ccc(-c2ccc(F)cc2)o1. The molecule has 1 amide bonds. The Kier molecular flexibility index (Phi) is 5.05. The van der Waals surface area contributed by atoms with Gasteiger partial charge in [0.1, 0.15) is 17.3 Å². The molecule has 1 aromatic heterocycles. The summed E-state index contributed by atoms with van der Waals surface area (Å²) in [4.78, 5) is 11.9. The van der Waals surface area contributed by atoms with E-state index in [9.17, 15) is 9.18 Å². The quantitative estimate of drug-likeness (QED) is 0.886. The minimum atomic E-state index is -0.285. The Bertz CT molecular complexity index is 648. The number of halogens is 1. The first-order valence-electron chi connectivity index (χ1n) is 7.64. The van der Waals surface area contributed by atoms with Crippen molar-refractivity contribution in [2.75, 3.05) is 19.7 Å². The van der Waals surface area contributed by atoms with E-state index in [1.165, 1.54) is 12.1 Å². The molecule has 0 saturated carbocycles. The molecule has 0 spiro atoms. The number of benzene rings is 1. The van der Waals surface area contributed by atoms with Gasteiger partial charge in [-0.05, 0) is 36.4 Å². The van der Waals surface area contributed by atoms with E-state index in [-0.39, 0.29) is 17.8 Å². The number of carbonyl (C=O) groups excluding carboxylic acids is 1. The van der Waals surface area contributed by atoms with Gasteiger partial charge in [0, 0.05) is 18.7 Å². The van der Waals surface area contributed by atoms with Crippen LogP contribution >= 0.6 is 0 Å². The van der Waals surface area contributed by atoms with Gasteiger partial charge in [0.2, 0.25) is 5.91 Å². The Labute approximate surface area is 133 Å². The third-order valence-electron chi connectivity index (χ3n) is 3.67. The molecule has 1 atom stereocenters. The molecule has 1 aromatic carbocycles. The van der Waals surface area contributed by atoms with E-state index in [4.69, 9.17) is 9.15 Å². The zero-order valence-electron chi connectivity index (χ0n) is 12.7. The number of furan rings is 1. The molecule has 1 unspecified atom stereocenters. The second-order valence-electron chi connectivity index (χ2n) is 5.45. The number of ether oxygens (including phenoxy) is 1. The third kappa shape index (κ3) is 4.40. The molecule has 0 radical (unpaired) electrons. The molecule has 3 rings (SSSR count). The van der Waals surface area contributed by atoms with E-state index >= 15 is 0 Å².